The molecule has 4 aromatic rings. The lowest BCUT2D eigenvalue weighted by Crippen LogP contribution is -2.29. The lowest BCUT2D eigenvalue weighted by atomic mass is 10.0. The summed E-state index contributed by atoms with van der Waals surface area (Å²) in [5.41, 5.74) is 1.52. The van der Waals surface area contributed by atoms with Crippen molar-refractivity contribution in [3.05, 3.63) is 113 Å². The average molecular weight is 658 g/mol. The van der Waals surface area contributed by atoms with Crippen LogP contribution in [0.3, 0.4) is 0 Å². The summed E-state index contributed by atoms with van der Waals surface area (Å²) in [6.45, 7) is 0.244. The quantitative estimate of drug-likeness (QED) is 0.136. The first-order chi connectivity index (χ1) is 20.9. The molecule has 4 rings (SSSR count). The highest BCUT2D eigenvalue weighted by atomic mass is 35.5. The first-order valence-corrected chi connectivity index (χ1v) is 16.4. The van der Waals surface area contributed by atoms with Crippen LogP contribution < -0.4 is 20.1 Å². The number of carbonyl (C=O) groups excluding carboxylic acids is 1. The maximum atomic E-state index is 13.2. The highest BCUT2D eigenvalue weighted by molar-refractivity contribution is 7.92. The number of carboxylic acids is 1. The maximum absolute atomic E-state index is 13.2. The molecule has 0 radical (unpaired) electrons. The van der Waals surface area contributed by atoms with Crippen molar-refractivity contribution < 1.29 is 31.5 Å². The Balaban J connectivity index is 1.49. The number of carboxylic acid groups (broad SMARTS) is 1. The Morgan fingerprint density at radius 3 is 2.20 bits per heavy atom. The van der Waals surface area contributed by atoms with Crippen LogP contribution in [-0.4, -0.2) is 38.9 Å². The standard InChI is InChI=1S/C29H28ClN5O7S2/c30-22-7-9-25(10-8-22)43(39,40)35-27(11-12-28(36)37)21-3-1-5-24(17-21)34-44(41,42)26-6-2-4-23(18-26)33-29(38)32-19-20-13-15-31-16-14-20/h1-10,13-18,27,34-35H,11-12,19H2,(H,36,37)(H2,32,33,38). The zero-order valence-corrected chi connectivity index (χ0v) is 25.4. The highest BCUT2D eigenvalue weighted by Crippen LogP contribution is 2.27. The molecule has 0 saturated heterocycles. The molecule has 0 aliphatic rings. The van der Waals surface area contributed by atoms with E-state index in [0.29, 0.717) is 10.6 Å². The minimum atomic E-state index is -4.15. The highest BCUT2D eigenvalue weighted by Gasteiger charge is 2.23. The molecule has 230 valence electrons. The van der Waals surface area contributed by atoms with E-state index in [2.05, 4.69) is 25.1 Å². The molecular weight excluding hydrogens is 630 g/mol. The number of rotatable bonds is 13. The summed E-state index contributed by atoms with van der Waals surface area (Å²) in [7, 11) is -8.23. The first kappa shape index (κ1) is 32.4. The predicted molar refractivity (Wildman–Crippen MR) is 165 cm³/mol. The summed E-state index contributed by atoms with van der Waals surface area (Å²) in [6, 6.07) is 19.0. The fourth-order valence-electron chi connectivity index (χ4n) is 4.06. The number of benzene rings is 3. The summed E-state index contributed by atoms with van der Waals surface area (Å²) < 4.78 is 57.5. The largest absolute Gasteiger partial charge is 0.481 e. The number of pyridine rings is 1. The Hall–Kier alpha value is -4.50. The average Bonchev–Trinajstić information content (AvgIpc) is 2.99. The van der Waals surface area contributed by atoms with E-state index in [-0.39, 0.29) is 40.6 Å². The SMILES string of the molecule is O=C(O)CCC(NS(=O)(=O)c1ccc(Cl)cc1)c1cccc(NS(=O)(=O)c2cccc(NC(=O)NCc3ccncc3)c2)c1. The number of aromatic nitrogens is 1. The van der Waals surface area contributed by atoms with Gasteiger partial charge in [0, 0.05) is 47.8 Å². The van der Waals surface area contributed by atoms with E-state index in [1.807, 2.05) is 0 Å². The molecular formula is C29H28ClN5O7S2. The number of urea groups is 1. The predicted octanol–water partition coefficient (Wildman–Crippen LogP) is 4.74. The number of aliphatic carboxylic acids is 1. The molecule has 1 unspecified atom stereocenters. The van der Waals surface area contributed by atoms with Crippen molar-refractivity contribution in [2.24, 2.45) is 0 Å². The van der Waals surface area contributed by atoms with Gasteiger partial charge in [0.05, 0.1) is 9.79 Å². The lowest BCUT2D eigenvalue weighted by Gasteiger charge is -2.20. The third kappa shape index (κ3) is 9.25. The van der Waals surface area contributed by atoms with Crippen LogP contribution in [0.5, 0.6) is 0 Å². The lowest BCUT2D eigenvalue weighted by molar-refractivity contribution is -0.137. The van der Waals surface area contributed by atoms with E-state index < -0.39 is 38.1 Å². The zero-order valence-electron chi connectivity index (χ0n) is 23.0. The van der Waals surface area contributed by atoms with Gasteiger partial charge in [0.25, 0.3) is 10.0 Å². The molecule has 0 bridgehead atoms. The number of amides is 2. The van der Waals surface area contributed by atoms with Crippen LogP contribution >= 0.6 is 11.6 Å². The molecule has 15 heteroatoms. The Morgan fingerprint density at radius 1 is 0.818 bits per heavy atom. The number of nitrogens with zero attached hydrogens (tertiary/aromatic N) is 1. The van der Waals surface area contributed by atoms with Crippen molar-refractivity contribution >= 4 is 55.0 Å². The van der Waals surface area contributed by atoms with Gasteiger partial charge in [-0.25, -0.2) is 26.4 Å². The topological polar surface area (TPSA) is 184 Å². The molecule has 0 aliphatic carbocycles. The molecule has 0 saturated carbocycles. The summed E-state index contributed by atoms with van der Waals surface area (Å²) in [5.74, 6) is -1.13. The molecule has 0 spiro atoms. The Kier molecular flexibility index (Phi) is 10.5. The van der Waals surface area contributed by atoms with E-state index in [9.17, 15) is 31.5 Å². The van der Waals surface area contributed by atoms with Gasteiger partial charge in [-0.05, 0) is 84.3 Å². The van der Waals surface area contributed by atoms with Crippen molar-refractivity contribution in [2.75, 3.05) is 10.0 Å². The smallest absolute Gasteiger partial charge is 0.319 e. The van der Waals surface area contributed by atoms with E-state index in [1.165, 1.54) is 66.7 Å². The summed E-state index contributed by atoms with van der Waals surface area (Å²) in [6.07, 6.45) is 2.75. The number of hydrogen-bond acceptors (Lipinski definition) is 7. The van der Waals surface area contributed by atoms with Crippen LogP contribution in [0.15, 0.2) is 107 Å². The van der Waals surface area contributed by atoms with Gasteiger partial charge in [-0.1, -0.05) is 29.8 Å². The third-order valence-electron chi connectivity index (χ3n) is 6.21. The van der Waals surface area contributed by atoms with Gasteiger partial charge in [0.15, 0.2) is 0 Å². The van der Waals surface area contributed by atoms with Gasteiger partial charge in [-0.2, -0.15) is 0 Å². The summed E-state index contributed by atoms with van der Waals surface area (Å²) in [4.78, 5) is 27.4. The second-order valence-corrected chi connectivity index (χ2v) is 13.3. The maximum Gasteiger partial charge on any atom is 0.319 e. The van der Waals surface area contributed by atoms with E-state index in [0.717, 1.165) is 5.56 Å². The van der Waals surface area contributed by atoms with Crippen LogP contribution in [0.1, 0.15) is 30.0 Å². The molecule has 1 aromatic heterocycles. The first-order valence-electron chi connectivity index (χ1n) is 13.1. The fourth-order valence-corrected chi connectivity index (χ4v) is 6.54. The Morgan fingerprint density at radius 2 is 1.50 bits per heavy atom. The summed E-state index contributed by atoms with van der Waals surface area (Å²) >= 11 is 5.87. The minimum Gasteiger partial charge on any atom is -0.481 e. The zero-order chi connectivity index (χ0) is 31.7. The molecule has 1 atom stereocenters. The van der Waals surface area contributed by atoms with Crippen LogP contribution in [0.25, 0.3) is 0 Å². The Labute approximate surface area is 259 Å². The summed E-state index contributed by atoms with van der Waals surface area (Å²) in [5, 5.41) is 14.8. The molecule has 1 heterocycles. The van der Waals surface area contributed by atoms with E-state index in [1.54, 1.807) is 30.6 Å². The van der Waals surface area contributed by atoms with Crippen molar-refractivity contribution in [3.63, 3.8) is 0 Å². The van der Waals surface area contributed by atoms with Gasteiger partial charge in [-0.15, -0.1) is 0 Å². The molecule has 3 aromatic carbocycles. The second kappa shape index (κ2) is 14.3. The van der Waals surface area contributed by atoms with Crippen molar-refractivity contribution in [1.29, 1.82) is 0 Å². The van der Waals surface area contributed by atoms with Gasteiger partial charge in [-0.3, -0.25) is 14.5 Å². The molecule has 0 fully saturated rings. The fraction of sp³-hybridized carbons (Fsp3) is 0.138. The second-order valence-electron chi connectivity index (χ2n) is 9.48. The van der Waals surface area contributed by atoms with Crippen molar-refractivity contribution in [3.8, 4) is 0 Å². The number of hydrogen-bond donors (Lipinski definition) is 5. The number of sulfonamides is 2. The number of halogens is 1. The van der Waals surface area contributed by atoms with Gasteiger partial charge in [0.2, 0.25) is 10.0 Å². The van der Waals surface area contributed by atoms with Crippen molar-refractivity contribution in [2.45, 2.75) is 35.2 Å². The number of nitrogens with one attached hydrogen (secondary N) is 4. The molecule has 2 amide bonds. The van der Waals surface area contributed by atoms with Crippen LogP contribution in [0.4, 0.5) is 16.2 Å². The normalized spacial score (nSPS) is 12.2. The minimum absolute atomic E-state index is 0.0707. The van der Waals surface area contributed by atoms with Gasteiger partial charge in [0.1, 0.15) is 0 Å². The van der Waals surface area contributed by atoms with Crippen LogP contribution in [0.2, 0.25) is 5.02 Å². The van der Waals surface area contributed by atoms with Gasteiger partial charge >= 0.3 is 12.0 Å². The monoisotopic (exact) mass is 657 g/mol. The number of carbonyl (C=O) groups is 2. The Bertz CT molecular complexity index is 1840. The molecule has 44 heavy (non-hydrogen) atoms. The van der Waals surface area contributed by atoms with E-state index in [4.69, 9.17) is 11.6 Å². The molecule has 0 aliphatic heterocycles. The molecule has 5 N–H and O–H groups in total. The van der Waals surface area contributed by atoms with Gasteiger partial charge < -0.3 is 15.7 Å². The van der Waals surface area contributed by atoms with E-state index >= 15 is 0 Å². The van der Waals surface area contributed by atoms with Crippen LogP contribution in [-0.2, 0) is 31.4 Å². The third-order valence-corrected chi connectivity index (χ3v) is 9.33. The number of anilines is 2. The molecule has 12 nitrogen and oxygen atoms in total. The van der Waals surface area contributed by atoms with Crippen molar-refractivity contribution in [1.82, 2.24) is 15.0 Å². The van der Waals surface area contributed by atoms with Crippen LogP contribution in [0, 0.1) is 0 Å².